The number of esters is 1. The first-order valence-corrected chi connectivity index (χ1v) is 5.99. The van der Waals surface area contributed by atoms with Gasteiger partial charge in [-0.05, 0) is 26.0 Å². The molecular formula is C13H15N3O3. The van der Waals surface area contributed by atoms with Gasteiger partial charge in [0, 0.05) is 12.3 Å². The highest BCUT2D eigenvalue weighted by Crippen LogP contribution is 2.14. The van der Waals surface area contributed by atoms with E-state index in [9.17, 15) is 4.79 Å². The molecule has 2 heterocycles. The summed E-state index contributed by atoms with van der Waals surface area (Å²) >= 11 is 0. The zero-order valence-electron chi connectivity index (χ0n) is 10.8. The number of anilines is 1. The van der Waals surface area contributed by atoms with Crippen molar-refractivity contribution in [2.24, 2.45) is 0 Å². The Balaban J connectivity index is 2.09. The monoisotopic (exact) mass is 261 g/mol. The second-order valence-corrected chi connectivity index (χ2v) is 3.91. The third-order valence-corrected chi connectivity index (χ3v) is 2.41. The first kappa shape index (κ1) is 13.1. The maximum Gasteiger partial charge on any atom is 0.341 e. The standard InChI is InChI=1S/C13H15N3O3/c1-3-18-13(17)11-5-4-6-14-12(11)15-8-10-7-9(2)16-19-10/h4-7H,3,8H2,1-2H3,(H,14,15). The van der Waals surface area contributed by atoms with Crippen LogP contribution in [0.2, 0.25) is 0 Å². The molecule has 2 aromatic rings. The minimum atomic E-state index is -0.396. The number of pyridine rings is 1. The quantitative estimate of drug-likeness (QED) is 0.831. The molecule has 2 rings (SSSR count). The molecule has 0 aliphatic heterocycles. The summed E-state index contributed by atoms with van der Waals surface area (Å²) in [7, 11) is 0. The third kappa shape index (κ3) is 3.31. The summed E-state index contributed by atoms with van der Waals surface area (Å²) in [6.07, 6.45) is 1.61. The van der Waals surface area contributed by atoms with E-state index in [1.54, 1.807) is 25.3 Å². The molecule has 0 bridgehead atoms. The lowest BCUT2D eigenvalue weighted by Gasteiger charge is -2.08. The Morgan fingerprint density at radius 1 is 1.53 bits per heavy atom. The second-order valence-electron chi connectivity index (χ2n) is 3.91. The fraction of sp³-hybridized carbons (Fsp3) is 0.308. The maximum absolute atomic E-state index is 11.7. The Kier molecular flexibility index (Phi) is 4.12. The molecule has 2 aromatic heterocycles. The molecule has 1 N–H and O–H groups in total. The van der Waals surface area contributed by atoms with Crippen LogP contribution in [0.5, 0.6) is 0 Å². The normalized spacial score (nSPS) is 10.2. The van der Waals surface area contributed by atoms with E-state index in [1.807, 2.05) is 13.0 Å². The number of carbonyl (C=O) groups is 1. The molecule has 100 valence electrons. The van der Waals surface area contributed by atoms with Crippen molar-refractivity contribution in [2.75, 3.05) is 11.9 Å². The van der Waals surface area contributed by atoms with Crippen LogP contribution in [0.15, 0.2) is 28.9 Å². The predicted octanol–water partition coefficient (Wildman–Crippen LogP) is 2.17. The topological polar surface area (TPSA) is 77.2 Å². The van der Waals surface area contributed by atoms with E-state index in [2.05, 4.69) is 15.5 Å². The van der Waals surface area contributed by atoms with E-state index in [4.69, 9.17) is 9.26 Å². The number of nitrogens with zero attached hydrogens (tertiary/aromatic N) is 2. The summed E-state index contributed by atoms with van der Waals surface area (Å²) in [6.45, 7) is 4.34. The van der Waals surface area contributed by atoms with E-state index in [0.29, 0.717) is 30.3 Å². The number of carbonyl (C=O) groups excluding carboxylic acids is 1. The van der Waals surface area contributed by atoms with E-state index in [0.717, 1.165) is 5.69 Å². The molecule has 0 unspecified atom stereocenters. The SMILES string of the molecule is CCOC(=O)c1cccnc1NCc1cc(C)no1. The molecular weight excluding hydrogens is 246 g/mol. The van der Waals surface area contributed by atoms with E-state index in [1.165, 1.54) is 0 Å². The van der Waals surface area contributed by atoms with Crippen molar-refractivity contribution in [3.8, 4) is 0 Å². The van der Waals surface area contributed by atoms with E-state index >= 15 is 0 Å². The van der Waals surface area contributed by atoms with Crippen LogP contribution < -0.4 is 5.32 Å². The molecule has 6 nitrogen and oxygen atoms in total. The number of hydrogen-bond acceptors (Lipinski definition) is 6. The Bertz CT molecular complexity index is 566. The van der Waals surface area contributed by atoms with Crippen molar-refractivity contribution >= 4 is 11.8 Å². The van der Waals surface area contributed by atoms with Crippen LogP contribution in [0, 0.1) is 6.92 Å². The van der Waals surface area contributed by atoms with Gasteiger partial charge in [-0.3, -0.25) is 0 Å². The van der Waals surface area contributed by atoms with Crippen molar-refractivity contribution < 1.29 is 14.1 Å². The molecule has 0 fully saturated rings. The third-order valence-electron chi connectivity index (χ3n) is 2.41. The molecule has 0 amide bonds. The molecule has 0 aliphatic rings. The van der Waals surface area contributed by atoms with Crippen molar-refractivity contribution in [2.45, 2.75) is 20.4 Å². The molecule has 0 spiro atoms. The summed E-state index contributed by atoms with van der Waals surface area (Å²) in [4.78, 5) is 15.9. The van der Waals surface area contributed by atoms with Crippen LogP contribution in [0.25, 0.3) is 0 Å². The van der Waals surface area contributed by atoms with Crippen molar-refractivity contribution in [1.29, 1.82) is 0 Å². The van der Waals surface area contributed by atoms with Crippen LogP contribution >= 0.6 is 0 Å². The average molecular weight is 261 g/mol. The summed E-state index contributed by atoms with van der Waals surface area (Å²) in [5.74, 6) is 0.750. The molecule has 0 saturated carbocycles. The largest absolute Gasteiger partial charge is 0.462 e. The molecule has 0 aromatic carbocycles. The Morgan fingerprint density at radius 3 is 3.05 bits per heavy atom. The van der Waals surface area contributed by atoms with Gasteiger partial charge in [0.2, 0.25) is 0 Å². The smallest absolute Gasteiger partial charge is 0.341 e. The fourth-order valence-corrected chi connectivity index (χ4v) is 1.59. The zero-order chi connectivity index (χ0) is 13.7. The highest BCUT2D eigenvalue weighted by Gasteiger charge is 2.13. The number of rotatable bonds is 5. The van der Waals surface area contributed by atoms with E-state index < -0.39 is 5.97 Å². The number of nitrogens with one attached hydrogen (secondary N) is 1. The van der Waals surface area contributed by atoms with E-state index in [-0.39, 0.29) is 0 Å². The first-order chi connectivity index (χ1) is 9.20. The molecule has 0 atom stereocenters. The molecule has 0 aliphatic carbocycles. The summed E-state index contributed by atoms with van der Waals surface area (Å²) in [6, 6.07) is 5.18. The van der Waals surface area contributed by atoms with Crippen LogP contribution in [0.1, 0.15) is 28.7 Å². The highest BCUT2D eigenvalue weighted by molar-refractivity contribution is 5.94. The average Bonchev–Trinajstić information content (AvgIpc) is 2.83. The van der Waals surface area contributed by atoms with Gasteiger partial charge in [-0.1, -0.05) is 5.16 Å². The van der Waals surface area contributed by atoms with Gasteiger partial charge in [0.05, 0.1) is 18.8 Å². The van der Waals surface area contributed by atoms with Crippen molar-refractivity contribution in [3.05, 3.63) is 41.4 Å². The highest BCUT2D eigenvalue weighted by atomic mass is 16.5. The molecule has 19 heavy (non-hydrogen) atoms. The van der Waals surface area contributed by atoms with Crippen LogP contribution in [0.4, 0.5) is 5.82 Å². The van der Waals surface area contributed by atoms with Crippen LogP contribution in [-0.4, -0.2) is 22.7 Å². The van der Waals surface area contributed by atoms with Gasteiger partial charge in [0.1, 0.15) is 11.4 Å². The van der Waals surface area contributed by atoms with Crippen molar-refractivity contribution in [3.63, 3.8) is 0 Å². The number of hydrogen-bond donors (Lipinski definition) is 1. The minimum Gasteiger partial charge on any atom is -0.462 e. The molecule has 0 saturated heterocycles. The summed E-state index contributed by atoms with van der Waals surface area (Å²) < 4.78 is 10.0. The van der Waals surface area contributed by atoms with Gasteiger partial charge in [0.25, 0.3) is 0 Å². The maximum atomic E-state index is 11.7. The second kappa shape index (κ2) is 5.99. The van der Waals surface area contributed by atoms with Crippen LogP contribution in [0.3, 0.4) is 0 Å². The van der Waals surface area contributed by atoms with Crippen LogP contribution in [-0.2, 0) is 11.3 Å². The lowest BCUT2D eigenvalue weighted by Crippen LogP contribution is -2.11. The Morgan fingerprint density at radius 2 is 2.37 bits per heavy atom. The zero-order valence-corrected chi connectivity index (χ0v) is 10.8. The number of aromatic nitrogens is 2. The Labute approximate surface area is 110 Å². The molecule has 6 heteroatoms. The van der Waals surface area contributed by atoms with Crippen molar-refractivity contribution in [1.82, 2.24) is 10.1 Å². The van der Waals surface area contributed by atoms with Gasteiger partial charge in [-0.15, -0.1) is 0 Å². The fourth-order valence-electron chi connectivity index (χ4n) is 1.59. The predicted molar refractivity (Wildman–Crippen MR) is 68.8 cm³/mol. The lowest BCUT2D eigenvalue weighted by atomic mass is 10.2. The first-order valence-electron chi connectivity index (χ1n) is 5.99. The summed E-state index contributed by atoms with van der Waals surface area (Å²) in [5.41, 5.74) is 1.21. The van der Waals surface area contributed by atoms with Gasteiger partial charge in [0.15, 0.2) is 5.76 Å². The Hall–Kier alpha value is -2.37. The number of ether oxygens (including phenoxy) is 1. The van der Waals surface area contributed by atoms with Gasteiger partial charge in [-0.25, -0.2) is 9.78 Å². The molecule has 0 radical (unpaired) electrons. The van der Waals surface area contributed by atoms with Gasteiger partial charge < -0.3 is 14.6 Å². The summed E-state index contributed by atoms with van der Waals surface area (Å²) in [5, 5.41) is 6.83. The number of aryl methyl sites for hydroxylation is 1. The van der Waals surface area contributed by atoms with Gasteiger partial charge in [-0.2, -0.15) is 0 Å². The minimum absolute atomic E-state index is 0.328. The lowest BCUT2D eigenvalue weighted by molar-refractivity contribution is 0.0527. The van der Waals surface area contributed by atoms with Gasteiger partial charge >= 0.3 is 5.97 Å².